The number of aromatic nitrogens is 4. The summed E-state index contributed by atoms with van der Waals surface area (Å²) in [5.41, 5.74) is 18.0. The van der Waals surface area contributed by atoms with Crippen molar-refractivity contribution in [1.29, 1.82) is 0 Å². The van der Waals surface area contributed by atoms with Crippen LogP contribution in [0, 0.1) is 39.5 Å². The zero-order valence-electron chi connectivity index (χ0n) is 51.2. The number of aryl methyl sites for hydroxylation is 4. The second kappa shape index (κ2) is 36.9. The Morgan fingerprint density at radius 3 is 1.37 bits per heavy atom. The third kappa shape index (κ3) is 23.4. The summed E-state index contributed by atoms with van der Waals surface area (Å²) in [5.74, 6) is -1.76. The molecule has 6 rings (SSSR count). The van der Waals surface area contributed by atoms with E-state index in [0.29, 0.717) is 12.8 Å². The Morgan fingerprint density at radius 1 is 0.583 bits per heavy atom. The summed E-state index contributed by atoms with van der Waals surface area (Å²) in [6, 6.07) is 21.5. The number of aliphatic carboxylic acids is 1. The van der Waals surface area contributed by atoms with E-state index in [-0.39, 0.29) is 88.4 Å². The molecule has 6 aromatic rings. The van der Waals surface area contributed by atoms with Crippen LogP contribution in [0.2, 0.25) is 0 Å². The van der Waals surface area contributed by atoms with Crippen molar-refractivity contribution < 1.29 is 33.8 Å². The van der Waals surface area contributed by atoms with Crippen LogP contribution in [0.3, 0.4) is 0 Å². The topological polar surface area (TPSA) is 209 Å². The van der Waals surface area contributed by atoms with Gasteiger partial charge in [0.05, 0.1) is 33.1 Å². The highest BCUT2D eigenvalue weighted by atomic mass is 32.1. The molecule has 84 heavy (non-hydrogen) atoms. The van der Waals surface area contributed by atoms with Gasteiger partial charge < -0.3 is 39.2 Å². The molecule has 0 aliphatic heterocycles. The molecule has 4 aromatic heterocycles. The van der Waals surface area contributed by atoms with E-state index in [2.05, 4.69) is 71.6 Å². The van der Waals surface area contributed by atoms with E-state index >= 15 is 0 Å². The maximum atomic E-state index is 13.9. The minimum Gasteiger partial charge on any atom is -0.480 e. The van der Waals surface area contributed by atoms with Gasteiger partial charge in [-0.3, -0.25) is 33.9 Å². The number of Topliss-reactive ketones (excluding diaryl/α,β-unsaturated/α-hetero) is 1. The van der Waals surface area contributed by atoms with Crippen LogP contribution in [0.1, 0.15) is 136 Å². The summed E-state index contributed by atoms with van der Waals surface area (Å²) in [7, 11) is 10.7. The average Bonchev–Trinajstić information content (AvgIpc) is 3.45. The molecule has 18 heteroatoms. The van der Waals surface area contributed by atoms with Crippen molar-refractivity contribution in [3.8, 4) is 22.3 Å². The maximum Gasteiger partial charge on any atom is 0.326 e. The normalized spacial score (nSPS) is 12.2. The zero-order chi connectivity index (χ0) is 60.1. The standard InChI is InChI=1S/C33H43N3O4.C17H20N2O2.C15H24N2O3.CH4.2H2S/c1-22(2)15-29(36-14-12-25(16-31(36)38)11-13-35(5)6)30(37)18-26(19-32(39)40-7)27-17-28(21-34-20-27)33-23(3)9-8-10-24(33)4;1-11-5-4-6-12(2)17(11)14-7-13(9-19-10-14)15(18)8-16(20)21-3;1-11(2)9-13(15(19)20)17-8-6-12(10-14(17)18)5-7-16(3)4;;;/h8-10,12,14,16-17,20-22,26,29H,11,13,15,18-19H2,1-7H3;4-7,9-10,15H,8,18H2,1-3H3;6,8,10-11,13H,5,7,9H2,1-4H3,(H,19,20);1H4;2*1H2/t26-,29?;15-;;;;/m00..../s1. The van der Waals surface area contributed by atoms with E-state index in [1.54, 1.807) is 41.5 Å². The van der Waals surface area contributed by atoms with Gasteiger partial charge in [-0.2, -0.15) is 27.0 Å². The number of carboxylic acid groups (broad SMARTS) is 1. The Kier molecular flexibility index (Phi) is 33.1. The summed E-state index contributed by atoms with van der Waals surface area (Å²) in [5, 5.41) is 9.28. The Bertz CT molecular complexity index is 3130. The molecule has 0 bridgehead atoms. The second-order valence-electron chi connectivity index (χ2n) is 22.4. The van der Waals surface area contributed by atoms with Gasteiger partial charge in [0.25, 0.3) is 11.1 Å². The molecule has 0 saturated heterocycles. The van der Waals surface area contributed by atoms with Gasteiger partial charge in [0.1, 0.15) is 6.04 Å². The number of likely N-dealkylation sites (N-methyl/N-ethyl adjacent to an activating group) is 2. The summed E-state index contributed by atoms with van der Waals surface area (Å²) in [6.45, 7) is 17.9. The molecule has 2 unspecified atom stereocenters. The number of nitrogens with two attached hydrogens (primary N) is 1. The summed E-state index contributed by atoms with van der Waals surface area (Å²) in [6.07, 6.45) is 13.2. The highest BCUT2D eigenvalue weighted by Crippen LogP contribution is 2.34. The largest absolute Gasteiger partial charge is 0.480 e. The molecule has 460 valence electrons. The van der Waals surface area contributed by atoms with Crippen molar-refractivity contribution in [2.45, 2.75) is 132 Å². The lowest BCUT2D eigenvalue weighted by Crippen LogP contribution is -2.31. The first-order chi connectivity index (χ1) is 38.3. The molecule has 2 aromatic carbocycles. The molecule has 0 aliphatic rings. The van der Waals surface area contributed by atoms with Crippen LogP contribution in [0.4, 0.5) is 0 Å². The first-order valence-electron chi connectivity index (χ1n) is 27.7. The van der Waals surface area contributed by atoms with Crippen molar-refractivity contribution in [3.05, 3.63) is 175 Å². The highest BCUT2D eigenvalue weighted by Gasteiger charge is 2.29. The van der Waals surface area contributed by atoms with Gasteiger partial charge in [0.2, 0.25) is 0 Å². The number of methoxy groups -OCH3 is 2. The van der Waals surface area contributed by atoms with Crippen LogP contribution in [-0.4, -0.2) is 113 Å². The smallest absolute Gasteiger partial charge is 0.326 e. The molecule has 3 N–H and O–H groups in total. The molecule has 0 saturated carbocycles. The fourth-order valence-electron chi connectivity index (χ4n) is 9.73. The third-order valence-electron chi connectivity index (χ3n) is 14.1. The average molecular weight is 1190 g/mol. The summed E-state index contributed by atoms with van der Waals surface area (Å²) >= 11 is 0. The Labute approximate surface area is 513 Å². The zero-order valence-corrected chi connectivity index (χ0v) is 53.2. The predicted octanol–water partition coefficient (Wildman–Crippen LogP) is 10.9. The van der Waals surface area contributed by atoms with Crippen molar-refractivity contribution in [3.63, 3.8) is 0 Å². The lowest BCUT2D eigenvalue weighted by molar-refractivity contribution is -0.142. The van der Waals surface area contributed by atoms with Crippen LogP contribution >= 0.6 is 27.0 Å². The third-order valence-corrected chi connectivity index (χ3v) is 14.1. The van der Waals surface area contributed by atoms with E-state index < -0.39 is 36.0 Å². The Balaban J connectivity index is 0.000000679. The maximum absolute atomic E-state index is 13.9. The van der Waals surface area contributed by atoms with Crippen molar-refractivity contribution in [2.75, 3.05) is 55.5 Å². The second-order valence-corrected chi connectivity index (χ2v) is 22.4. The minimum absolute atomic E-state index is 0. The highest BCUT2D eigenvalue weighted by molar-refractivity contribution is 7.59. The number of rotatable bonds is 24. The molecular formula is C66H95N7O9S2. The fourth-order valence-corrected chi connectivity index (χ4v) is 9.73. The number of ketones is 1. The number of carbonyl (C=O) groups is 4. The van der Waals surface area contributed by atoms with Crippen molar-refractivity contribution >= 4 is 50.7 Å². The van der Waals surface area contributed by atoms with Gasteiger partial charge in [-0.05, 0) is 173 Å². The van der Waals surface area contributed by atoms with Crippen LogP contribution < -0.4 is 16.9 Å². The molecule has 0 aliphatic carbocycles. The number of ether oxygens (including phenoxy) is 2. The Morgan fingerprint density at radius 2 is 0.976 bits per heavy atom. The number of pyridine rings is 4. The van der Waals surface area contributed by atoms with Crippen molar-refractivity contribution in [2.24, 2.45) is 17.6 Å². The molecule has 4 heterocycles. The minimum atomic E-state index is -0.957. The number of hydrogen-bond donors (Lipinski definition) is 2. The van der Waals surface area contributed by atoms with Crippen LogP contribution in [-0.2, 0) is 41.5 Å². The number of hydrogen-bond acceptors (Lipinski definition) is 13. The number of benzene rings is 2. The van der Waals surface area contributed by atoms with Crippen LogP contribution in [0.15, 0.2) is 120 Å². The van der Waals surface area contributed by atoms with E-state index in [9.17, 15) is 33.9 Å². The van der Waals surface area contributed by atoms with E-state index in [4.69, 9.17) is 10.5 Å². The lowest BCUT2D eigenvalue weighted by Gasteiger charge is -2.24. The van der Waals surface area contributed by atoms with Crippen LogP contribution in [0.25, 0.3) is 22.3 Å². The number of carboxylic acids is 1. The van der Waals surface area contributed by atoms with Gasteiger partial charge in [0, 0.05) is 91.9 Å². The lowest BCUT2D eigenvalue weighted by atomic mass is 9.86. The quantitative estimate of drug-likeness (QED) is 0.0541. The summed E-state index contributed by atoms with van der Waals surface area (Å²) in [4.78, 5) is 87.2. The van der Waals surface area contributed by atoms with Gasteiger partial charge >= 0.3 is 17.9 Å². The predicted molar refractivity (Wildman–Crippen MR) is 349 cm³/mol. The monoisotopic (exact) mass is 1190 g/mol. The SMILES string of the molecule is C.CC(C)CC(C(=O)O)n1ccc(CCN(C)C)cc1=O.COC(=O)C[C@H](CC(=O)C(CC(C)C)n1ccc(CCN(C)C)cc1=O)c1cncc(-c2c(C)cccc2C)c1.COC(=O)C[C@H](N)c1cncc(-c2c(C)cccc2C)c1.S.S. The summed E-state index contributed by atoms with van der Waals surface area (Å²) < 4.78 is 12.5. The molecule has 0 amide bonds. The first kappa shape index (κ1) is 75.3. The van der Waals surface area contributed by atoms with E-state index in [1.807, 2.05) is 110 Å². The molecule has 4 atom stereocenters. The molecule has 0 fully saturated rings. The fraction of sp³-hybridized carbons (Fsp3) is 0.455. The molecule has 16 nitrogen and oxygen atoms in total. The van der Waals surface area contributed by atoms with E-state index in [0.717, 1.165) is 81.6 Å². The van der Waals surface area contributed by atoms with Gasteiger partial charge in [0.15, 0.2) is 5.78 Å². The molecular weight excluding hydrogens is 1100 g/mol. The van der Waals surface area contributed by atoms with Crippen molar-refractivity contribution in [1.82, 2.24) is 28.9 Å². The van der Waals surface area contributed by atoms with E-state index in [1.165, 1.54) is 29.9 Å². The number of carbonyl (C=O) groups excluding carboxylic acids is 3. The molecule has 0 radical (unpaired) electrons. The first-order valence-corrected chi connectivity index (χ1v) is 27.7. The van der Waals surface area contributed by atoms with Gasteiger partial charge in [-0.25, -0.2) is 4.79 Å². The van der Waals surface area contributed by atoms with Crippen LogP contribution in [0.5, 0.6) is 0 Å². The number of nitrogens with zero attached hydrogens (tertiary/aromatic N) is 6. The van der Waals surface area contributed by atoms with Gasteiger partial charge in [-0.1, -0.05) is 71.5 Å². The molecule has 0 spiro atoms. The number of esters is 2. The Hall–Kier alpha value is -6.70. The van der Waals surface area contributed by atoms with Gasteiger partial charge in [-0.15, -0.1) is 0 Å².